The highest BCUT2D eigenvalue weighted by Crippen LogP contribution is 2.29. The lowest BCUT2D eigenvalue weighted by Crippen LogP contribution is -2.34. The van der Waals surface area contributed by atoms with E-state index in [1.165, 1.54) is 18.6 Å². The van der Waals surface area contributed by atoms with Crippen LogP contribution in [0.4, 0.5) is 4.39 Å². The minimum absolute atomic E-state index is 0.0237. The van der Waals surface area contributed by atoms with Gasteiger partial charge in [-0.3, -0.25) is 0 Å². The number of aliphatic hydroxyl groups excluding tert-OH is 1. The van der Waals surface area contributed by atoms with Crippen LogP contribution in [0, 0.1) is 5.82 Å². The van der Waals surface area contributed by atoms with E-state index in [4.69, 9.17) is 0 Å². The van der Waals surface area contributed by atoms with Gasteiger partial charge in [-0.2, -0.15) is 0 Å². The predicted octanol–water partition coefficient (Wildman–Crippen LogP) is 3.15. The third-order valence-electron chi connectivity index (χ3n) is 3.26. The van der Waals surface area contributed by atoms with Crippen molar-refractivity contribution >= 4 is 15.9 Å². The second-order valence-electron chi connectivity index (χ2n) is 4.52. The summed E-state index contributed by atoms with van der Waals surface area (Å²) in [5.41, 5.74) is 0.629. The molecule has 1 aromatic carbocycles. The molecule has 4 heteroatoms. The Labute approximate surface area is 109 Å². The van der Waals surface area contributed by atoms with Crippen LogP contribution in [-0.2, 0) is 0 Å². The summed E-state index contributed by atoms with van der Waals surface area (Å²) in [6.45, 7) is 0.925. The van der Waals surface area contributed by atoms with Crippen LogP contribution in [0.3, 0.4) is 0 Å². The van der Waals surface area contributed by atoms with Gasteiger partial charge in [0, 0.05) is 10.5 Å². The molecule has 0 spiro atoms. The molecule has 94 valence electrons. The molecule has 2 atom stereocenters. The Bertz CT molecular complexity index is 378. The molecular weight excluding hydrogens is 285 g/mol. The van der Waals surface area contributed by atoms with Crippen molar-refractivity contribution in [2.75, 3.05) is 6.54 Å². The largest absolute Gasteiger partial charge is 0.387 e. The number of benzene rings is 1. The standard InChI is InChI=1S/C13H17BrFNO/c14-11-6-5-9(15)8-10(11)13(17)12-4-2-1-3-7-16-12/h5-6,8,12-13,16-17H,1-4,7H2. The van der Waals surface area contributed by atoms with Gasteiger partial charge < -0.3 is 10.4 Å². The van der Waals surface area contributed by atoms with Gasteiger partial charge in [0.05, 0.1) is 6.10 Å². The summed E-state index contributed by atoms with van der Waals surface area (Å²) in [5.74, 6) is -0.309. The van der Waals surface area contributed by atoms with E-state index in [2.05, 4.69) is 21.2 Å². The summed E-state index contributed by atoms with van der Waals surface area (Å²) in [6.07, 6.45) is 3.73. The normalized spacial score (nSPS) is 23.1. The van der Waals surface area contributed by atoms with Crippen LogP contribution in [0.2, 0.25) is 0 Å². The second kappa shape index (κ2) is 5.94. The molecule has 2 N–H and O–H groups in total. The molecule has 1 fully saturated rings. The number of aliphatic hydroxyl groups is 1. The maximum absolute atomic E-state index is 13.2. The van der Waals surface area contributed by atoms with Crippen LogP contribution in [0.5, 0.6) is 0 Å². The molecule has 0 amide bonds. The number of nitrogens with one attached hydrogen (secondary N) is 1. The molecule has 1 saturated heterocycles. The third kappa shape index (κ3) is 3.27. The molecule has 1 aliphatic heterocycles. The Morgan fingerprint density at radius 3 is 3.00 bits per heavy atom. The van der Waals surface area contributed by atoms with Crippen molar-refractivity contribution in [3.8, 4) is 0 Å². The van der Waals surface area contributed by atoms with E-state index in [9.17, 15) is 9.50 Å². The lowest BCUT2D eigenvalue weighted by Gasteiger charge is -2.23. The number of halogens is 2. The van der Waals surface area contributed by atoms with E-state index in [0.717, 1.165) is 30.3 Å². The van der Waals surface area contributed by atoms with Crippen molar-refractivity contribution in [2.24, 2.45) is 0 Å². The fourth-order valence-corrected chi connectivity index (χ4v) is 2.76. The minimum Gasteiger partial charge on any atom is -0.387 e. The van der Waals surface area contributed by atoms with E-state index in [0.29, 0.717) is 5.56 Å². The molecule has 0 radical (unpaired) electrons. The van der Waals surface area contributed by atoms with E-state index >= 15 is 0 Å². The van der Waals surface area contributed by atoms with Crippen molar-refractivity contribution in [3.63, 3.8) is 0 Å². The first-order chi connectivity index (χ1) is 8.18. The van der Waals surface area contributed by atoms with Crippen molar-refractivity contribution in [1.29, 1.82) is 0 Å². The Kier molecular flexibility index (Phi) is 4.54. The van der Waals surface area contributed by atoms with Gasteiger partial charge >= 0.3 is 0 Å². The summed E-state index contributed by atoms with van der Waals surface area (Å²) in [5, 5.41) is 13.6. The number of hydrogen-bond donors (Lipinski definition) is 2. The number of rotatable bonds is 2. The average molecular weight is 302 g/mol. The second-order valence-corrected chi connectivity index (χ2v) is 5.37. The molecule has 2 unspecified atom stereocenters. The van der Waals surface area contributed by atoms with Gasteiger partial charge in [-0.1, -0.05) is 28.8 Å². The predicted molar refractivity (Wildman–Crippen MR) is 69.3 cm³/mol. The number of hydrogen-bond acceptors (Lipinski definition) is 2. The fraction of sp³-hybridized carbons (Fsp3) is 0.538. The first-order valence-corrected chi connectivity index (χ1v) is 6.84. The molecular formula is C13H17BrFNO. The van der Waals surface area contributed by atoms with Gasteiger partial charge in [-0.25, -0.2) is 4.39 Å². The van der Waals surface area contributed by atoms with Gasteiger partial charge in [0.25, 0.3) is 0 Å². The van der Waals surface area contributed by atoms with Crippen LogP contribution >= 0.6 is 15.9 Å². The molecule has 2 rings (SSSR count). The van der Waals surface area contributed by atoms with Crippen molar-refractivity contribution in [1.82, 2.24) is 5.32 Å². The Balaban J connectivity index is 2.16. The van der Waals surface area contributed by atoms with Gasteiger partial charge in [-0.05, 0) is 43.1 Å². The first-order valence-electron chi connectivity index (χ1n) is 6.05. The van der Waals surface area contributed by atoms with Gasteiger partial charge in [0.2, 0.25) is 0 Å². The Morgan fingerprint density at radius 2 is 2.18 bits per heavy atom. The van der Waals surface area contributed by atoms with E-state index in [1.807, 2.05) is 0 Å². The molecule has 17 heavy (non-hydrogen) atoms. The molecule has 1 heterocycles. The van der Waals surface area contributed by atoms with Gasteiger partial charge in [-0.15, -0.1) is 0 Å². The highest BCUT2D eigenvalue weighted by molar-refractivity contribution is 9.10. The van der Waals surface area contributed by atoms with Crippen LogP contribution in [0.15, 0.2) is 22.7 Å². The fourth-order valence-electron chi connectivity index (χ4n) is 2.28. The Hall–Kier alpha value is -0.450. The zero-order valence-electron chi connectivity index (χ0n) is 9.63. The van der Waals surface area contributed by atoms with E-state index in [1.54, 1.807) is 6.07 Å². The minimum atomic E-state index is -0.654. The van der Waals surface area contributed by atoms with Crippen LogP contribution < -0.4 is 5.32 Å². The molecule has 1 aliphatic rings. The highest BCUT2D eigenvalue weighted by Gasteiger charge is 2.23. The summed E-state index contributed by atoms with van der Waals surface area (Å²) < 4.78 is 14.0. The van der Waals surface area contributed by atoms with Crippen molar-refractivity contribution in [3.05, 3.63) is 34.1 Å². The summed E-state index contributed by atoms with van der Waals surface area (Å²) in [4.78, 5) is 0. The van der Waals surface area contributed by atoms with Crippen LogP contribution in [-0.4, -0.2) is 17.7 Å². The summed E-state index contributed by atoms with van der Waals surface area (Å²) >= 11 is 3.36. The zero-order chi connectivity index (χ0) is 12.3. The summed E-state index contributed by atoms with van der Waals surface area (Å²) in [7, 11) is 0. The molecule has 1 aromatic rings. The average Bonchev–Trinajstić information content (AvgIpc) is 2.60. The lowest BCUT2D eigenvalue weighted by molar-refractivity contribution is 0.125. The van der Waals surface area contributed by atoms with Gasteiger partial charge in [0.1, 0.15) is 5.82 Å². The molecule has 2 nitrogen and oxygen atoms in total. The maximum atomic E-state index is 13.2. The van der Waals surface area contributed by atoms with Crippen molar-refractivity contribution in [2.45, 2.75) is 37.8 Å². The highest BCUT2D eigenvalue weighted by atomic mass is 79.9. The molecule has 0 bridgehead atoms. The summed E-state index contributed by atoms with van der Waals surface area (Å²) in [6, 6.07) is 4.46. The monoisotopic (exact) mass is 301 g/mol. The zero-order valence-corrected chi connectivity index (χ0v) is 11.2. The third-order valence-corrected chi connectivity index (χ3v) is 3.98. The van der Waals surface area contributed by atoms with Crippen molar-refractivity contribution < 1.29 is 9.50 Å². The Morgan fingerprint density at radius 1 is 1.35 bits per heavy atom. The van der Waals surface area contributed by atoms with Crippen LogP contribution in [0.25, 0.3) is 0 Å². The topological polar surface area (TPSA) is 32.3 Å². The van der Waals surface area contributed by atoms with E-state index < -0.39 is 6.10 Å². The smallest absolute Gasteiger partial charge is 0.123 e. The lowest BCUT2D eigenvalue weighted by atomic mass is 9.98. The molecule has 0 saturated carbocycles. The maximum Gasteiger partial charge on any atom is 0.123 e. The van der Waals surface area contributed by atoms with Gasteiger partial charge in [0.15, 0.2) is 0 Å². The quantitative estimate of drug-likeness (QED) is 0.879. The SMILES string of the molecule is OC(c1cc(F)ccc1Br)C1CCCCCN1. The molecule has 0 aromatic heterocycles. The molecule has 0 aliphatic carbocycles. The van der Waals surface area contributed by atoms with E-state index in [-0.39, 0.29) is 11.9 Å². The van der Waals surface area contributed by atoms with Crippen LogP contribution in [0.1, 0.15) is 37.4 Å². The first kappa shape index (κ1) is 13.0.